The van der Waals surface area contributed by atoms with Crippen molar-refractivity contribution in [3.8, 4) is 0 Å². The highest BCUT2D eigenvalue weighted by Crippen LogP contribution is 2.41. The highest BCUT2D eigenvalue weighted by atomic mass is 15.4. The van der Waals surface area contributed by atoms with E-state index in [-0.39, 0.29) is 0 Å². The predicted octanol–water partition coefficient (Wildman–Crippen LogP) is 5.79. The molecule has 0 atom stereocenters. The van der Waals surface area contributed by atoms with Gasteiger partial charge in [0.15, 0.2) is 0 Å². The van der Waals surface area contributed by atoms with Gasteiger partial charge in [0.1, 0.15) is 0 Å². The molecule has 0 bridgehead atoms. The minimum Gasteiger partial charge on any atom is -0.352 e. The third-order valence-electron chi connectivity index (χ3n) is 6.69. The molecule has 6 rings (SSSR count). The number of hydrogen-bond donors (Lipinski definition) is 0. The molecule has 170 valence electrons. The van der Waals surface area contributed by atoms with Crippen LogP contribution in [0.5, 0.6) is 0 Å². The van der Waals surface area contributed by atoms with Crippen LogP contribution in [0.4, 0.5) is 34.1 Å². The van der Waals surface area contributed by atoms with Crippen molar-refractivity contribution >= 4 is 34.1 Å². The molecule has 2 aliphatic heterocycles. The summed E-state index contributed by atoms with van der Waals surface area (Å²) in [5.74, 6) is 0. The zero-order chi connectivity index (χ0) is 22.7. The molecule has 0 N–H and O–H groups in total. The lowest BCUT2D eigenvalue weighted by Crippen LogP contribution is -2.31. The minimum atomic E-state index is 0.868. The molecule has 0 amide bonds. The number of aromatic nitrogens is 2. The second-order valence-electron chi connectivity index (χ2n) is 8.77. The van der Waals surface area contributed by atoms with Gasteiger partial charge in [-0.1, -0.05) is 24.3 Å². The lowest BCUT2D eigenvalue weighted by atomic mass is 10.2. The summed E-state index contributed by atoms with van der Waals surface area (Å²) in [6, 6.07) is 25.7. The average molecular weight is 449 g/mol. The lowest BCUT2D eigenvalue weighted by molar-refractivity contribution is 0.678. The molecule has 2 aromatic carbocycles. The van der Waals surface area contributed by atoms with Gasteiger partial charge in [-0.3, -0.25) is 9.97 Å². The number of rotatable bonds is 7. The molecule has 0 saturated carbocycles. The van der Waals surface area contributed by atoms with Gasteiger partial charge in [0.2, 0.25) is 0 Å². The number of fused-ring (bicyclic) bond motifs is 2. The third-order valence-corrected chi connectivity index (χ3v) is 6.69. The zero-order valence-corrected chi connectivity index (χ0v) is 19.2. The van der Waals surface area contributed by atoms with Gasteiger partial charge >= 0.3 is 0 Å². The Morgan fingerprint density at radius 2 is 1.09 bits per heavy atom. The maximum absolute atomic E-state index is 4.32. The molecule has 34 heavy (non-hydrogen) atoms. The standard InChI is InChI=1S/C28H28N6/c1-3-11-27-25(9-1)31(21-33(27)23-13-16-29-17-14-23)18-5-6-19-32-22-34(24-8-7-15-30-20-24)28-12-4-2-10-26(28)32/h1-4,7-17,20H,5-6,18-19,21-22H2. The van der Waals surface area contributed by atoms with Crippen LogP contribution >= 0.6 is 0 Å². The number of para-hydroxylation sites is 4. The van der Waals surface area contributed by atoms with E-state index in [2.05, 4.69) is 96.3 Å². The highest BCUT2D eigenvalue weighted by molar-refractivity contribution is 5.83. The molecule has 2 aliphatic rings. The van der Waals surface area contributed by atoms with Crippen LogP contribution < -0.4 is 19.6 Å². The van der Waals surface area contributed by atoms with Crippen molar-refractivity contribution in [2.24, 2.45) is 0 Å². The summed E-state index contributed by atoms with van der Waals surface area (Å²) in [4.78, 5) is 18.2. The van der Waals surface area contributed by atoms with Gasteiger partial charge in [0.05, 0.1) is 48.0 Å². The molecule has 2 aromatic heterocycles. The normalized spacial score (nSPS) is 14.5. The van der Waals surface area contributed by atoms with E-state index in [4.69, 9.17) is 0 Å². The molecule has 4 heterocycles. The number of pyridine rings is 2. The Hall–Kier alpha value is -4.06. The fourth-order valence-electron chi connectivity index (χ4n) is 5.03. The molecular weight excluding hydrogens is 420 g/mol. The van der Waals surface area contributed by atoms with Crippen LogP contribution in [0.2, 0.25) is 0 Å². The molecule has 0 spiro atoms. The fraction of sp³-hybridized carbons (Fsp3) is 0.214. The van der Waals surface area contributed by atoms with Crippen molar-refractivity contribution in [2.45, 2.75) is 12.8 Å². The first-order chi connectivity index (χ1) is 16.9. The number of hydrogen-bond acceptors (Lipinski definition) is 6. The van der Waals surface area contributed by atoms with Gasteiger partial charge < -0.3 is 19.6 Å². The average Bonchev–Trinajstić information content (AvgIpc) is 3.47. The molecule has 6 heteroatoms. The van der Waals surface area contributed by atoms with Crippen LogP contribution in [-0.2, 0) is 0 Å². The highest BCUT2D eigenvalue weighted by Gasteiger charge is 2.28. The summed E-state index contributed by atoms with van der Waals surface area (Å²) in [5.41, 5.74) is 7.48. The molecular formula is C28H28N6. The van der Waals surface area contributed by atoms with Crippen molar-refractivity contribution < 1.29 is 0 Å². The van der Waals surface area contributed by atoms with Crippen LogP contribution in [0, 0.1) is 0 Å². The molecule has 4 aromatic rings. The quantitative estimate of drug-likeness (QED) is 0.333. The topological polar surface area (TPSA) is 38.7 Å². The molecule has 0 unspecified atom stereocenters. The van der Waals surface area contributed by atoms with Crippen molar-refractivity contribution in [2.75, 3.05) is 46.0 Å². The molecule has 6 nitrogen and oxygen atoms in total. The van der Waals surface area contributed by atoms with E-state index in [1.807, 2.05) is 30.9 Å². The number of benzene rings is 2. The Kier molecular flexibility index (Phi) is 5.47. The van der Waals surface area contributed by atoms with Crippen molar-refractivity contribution in [1.29, 1.82) is 0 Å². The van der Waals surface area contributed by atoms with Gasteiger partial charge in [0.25, 0.3) is 0 Å². The van der Waals surface area contributed by atoms with Crippen molar-refractivity contribution in [3.63, 3.8) is 0 Å². The predicted molar refractivity (Wildman–Crippen MR) is 139 cm³/mol. The third kappa shape index (κ3) is 3.81. The maximum atomic E-state index is 4.32. The second kappa shape index (κ2) is 9.06. The molecule has 0 radical (unpaired) electrons. The first-order valence-corrected chi connectivity index (χ1v) is 11.9. The smallest absolute Gasteiger partial charge is 0.0953 e. The Morgan fingerprint density at radius 1 is 0.529 bits per heavy atom. The Labute approximate surface area is 200 Å². The van der Waals surface area contributed by atoms with E-state index in [9.17, 15) is 0 Å². The lowest BCUT2D eigenvalue weighted by Gasteiger charge is -2.23. The minimum absolute atomic E-state index is 0.868. The van der Waals surface area contributed by atoms with Crippen molar-refractivity contribution in [1.82, 2.24) is 9.97 Å². The van der Waals surface area contributed by atoms with E-state index in [0.29, 0.717) is 0 Å². The summed E-state index contributed by atoms with van der Waals surface area (Å²) < 4.78 is 0. The summed E-state index contributed by atoms with van der Waals surface area (Å²) in [5, 5.41) is 0. The van der Waals surface area contributed by atoms with E-state index in [1.54, 1.807) is 0 Å². The Morgan fingerprint density at radius 3 is 1.65 bits per heavy atom. The first-order valence-electron chi connectivity index (χ1n) is 11.9. The SMILES string of the molecule is c1cncc(N2CN(CCCCN3CN(c4ccncc4)c4ccccc43)c3ccccc32)c1. The van der Waals surface area contributed by atoms with Crippen LogP contribution in [-0.4, -0.2) is 36.4 Å². The summed E-state index contributed by atoms with van der Waals surface area (Å²) in [6.07, 6.45) is 9.79. The summed E-state index contributed by atoms with van der Waals surface area (Å²) >= 11 is 0. The van der Waals surface area contributed by atoms with Gasteiger partial charge in [-0.2, -0.15) is 0 Å². The van der Waals surface area contributed by atoms with Crippen LogP contribution in [0.1, 0.15) is 12.8 Å². The zero-order valence-electron chi connectivity index (χ0n) is 19.2. The monoisotopic (exact) mass is 448 g/mol. The molecule has 0 aliphatic carbocycles. The van der Waals surface area contributed by atoms with E-state index in [0.717, 1.165) is 45.0 Å². The van der Waals surface area contributed by atoms with E-state index in [1.165, 1.54) is 28.4 Å². The van der Waals surface area contributed by atoms with Crippen LogP contribution in [0.25, 0.3) is 0 Å². The van der Waals surface area contributed by atoms with Crippen LogP contribution in [0.3, 0.4) is 0 Å². The maximum Gasteiger partial charge on any atom is 0.0953 e. The Balaban J connectivity index is 1.10. The van der Waals surface area contributed by atoms with Gasteiger partial charge in [-0.05, 0) is 61.4 Å². The summed E-state index contributed by atoms with van der Waals surface area (Å²) in [6.45, 7) is 3.83. The van der Waals surface area contributed by atoms with Gasteiger partial charge in [-0.25, -0.2) is 0 Å². The Bertz CT molecular complexity index is 1150. The first kappa shape index (κ1) is 20.5. The summed E-state index contributed by atoms with van der Waals surface area (Å²) in [7, 11) is 0. The van der Waals surface area contributed by atoms with Crippen molar-refractivity contribution in [3.05, 3.63) is 97.6 Å². The largest absolute Gasteiger partial charge is 0.352 e. The number of unbranched alkanes of at least 4 members (excludes halogenated alkanes) is 1. The van der Waals surface area contributed by atoms with E-state index < -0.39 is 0 Å². The van der Waals surface area contributed by atoms with E-state index >= 15 is 0 Å². The van der Waals surface area contributed by atoms with Gasteiger partial charge in [0, 0.05) is 37.4 Å². The number of anilines is 6. The fourth-order valence-corrected chi connectivity index (χ4v) is 5.03. The second-order valence-corrected chi connectivity index (χ2v) is 8.77. The molecule has 0 saturated heterocycles. The molecule has 0 fully saturated rings. The van der Waals surface area contributed by atoms with Gasteiger partial charge in [-0.15, -0.1) is 0 Å². The number of nitrogens with zero attached hydrogens (tertiary/aromatic N) is 6. The van der Waals surface area contributed by atoms with Crippen LogP contribution in [0.15, 0.2) is 97.6 Å².